The lowest BCUT2D eigenvalue weighted by molar-refractivity contribution is 1.07. The molecule has 4 aromatic rings. The van der Waals surface area contributed by atoms with Gasteiger partial charge in [-0.25, -0.2) is 0 Å². The minimum Gasteiger partial charge on any atom is -0.361 e. The molecule has 2 nitrogen and oxygen atoms in total. The summed E-state index contributed by atoms with van der Waals surface area (Å²) in [5.41, 5.74) is 13.0. The lowest BCUT2D eigenvalue weighted by Crippen LogP contribution is -2.18. The van der Waals surface area contributed by atoms with Crippen LogP contribution in [0.25, 0.3) is 28.9 Å². The van der Waals surface area contributed by atoms with E-state index in [4.69, 9.17) is 0 Å². The monoisotopic (exact) mass is 596 g/mol. The summed E-state index contributed by atoms with van der Waals surface area (Å²) in [6, 6.07) is 30.7. The molecule has 1 N–H and O–H groups in total. The molecule has 1 aliphatic carbocycles. The summed E-state index contributed by atoms with van der Waals surface area (Å²) in [6.45, 7) is 7.26. The molecule has 226 valence electrons. The number of anilines is 3. The van der Waals surface area contributed by atoms with Gasteiger partial charge >= 0.3 is 0 Å². The third-order valence-electron chi connectivity index (χ3n) is 8.29. The van der Waals surface area contributed by atoms with E-state index in [1.165, 1.54) is 39.2 Å². The molecule has 1 heterocycles. The van der Waals surface area contributed by atoms with Crippen LogP contribution in [0.2, 0.25) is 0 Å². The molecule has 2 aliphatic rings. The fraction of sp³-hybridized carbons (Fsp3) is 0.0909. The van der Waals surface area contributed by atoms with Crippen molar-refractivity contribution in [3.05, 3.63) is 192 Å². The predicted molar refractivity (Wildman–Crippen MR) is 201 cm³/mol. The van der Waals surface area contributed by atoms with Gasteiger partial charge < -0.3 is 10.2 Å². The van der Waals surface area contributed by atoms with Crippen LogP contribution in [-0.4, -0.2) is 6.54 Å². The number of nitrogens with zero attached hydrogens (tertiary/aromatic N) is 1. The Morgan fingerprint density at radius 2 is 1.59 bits per heavy atom. The molecule has 0 amide bonds. The average molecular weight is 597 g/mol. The van der Waals surface area contributed by atoms with E-state index in [9.17, 15) is 0 Å². The second-order valence-electron chi connectivity index (χ2n) is 11.4. The largest absolute Gasteiger partial charge is 0.361 e. The third-order valence-corrected chi connectivity index (χ3v) is 8.29. The van der Waals surface area contributed by atoms with Crippen molar-refractivity contribution in [2.24, 2.45) is 0 Å². The van der Waals surface area contributed by atoms with Crippen molar-refractivity contribution in [3.8, 4) is 11.1 Å². The fourth-order valence-corrected chi connectivity index (χ4v) is 5.87. The highest BCUT2D eigenvalue weighted by molar-refractivity contribution is 5.85. The normalized spacial score (nSPS) is 15.6. The van der Waals surface area contributed by atoms with Gasteiger partial charge in [-0.15, -0.1) is 0 Å². The van der Waals surface area contributed by atoms with Crippen molar-refractivity contribution >= 4 is 34.8 Å². The van der Waals surface area contributed by atoms with E-state index >= 15 is 0 Å². The number of hydrogen-bond acceptors (Lipinski definition) is 2. The number of allylic oxidation sites excluding steroid dienone is 11. The maximum Gasteiger partial charge on any atom is 0.0459 e. The van der Waals surface area contributed by atoms with Gasteiger partial charge in [0.2, 0.25) is 0 Å². The molecule has 1 aliphatic heterocycles. The van der Waals surface area contributed by atoms with Gasteiger partial charge in [-0.3, -0.25) is 0 Å². The fourth-order valence-electron chi connectivity index (χ4n) is 5.87. The summed E-state index contributed by atoms with van der Waals surface area (Å²) < 4.78 is 0. The zero-order valence-electron chi connectivity index (χ0n) is 26.4. The van der Waals surface area contributed by atoms with E-state index in [1.54, 1.807) is 0 Å². The zero-order chi connectivity index (χ0) is 31.6. The maximum atomic E-state index is 4.42. The Morgan fingerprint density at radius 3 is 2.48 bits per heavy atom. The molecule has 6 rings (SSSR count). The Labute approximate surface area is 274 Å². The van der Waals surface area contributed by atoms with E-state index in [-0.39, 0.29) is 0 Å². The summed E-state index contributed by atoms with van der Waals surface area (Å²) >= 11 is 0. The first kappa shape index (κ1) is 30.4. The van der Waals surface area contributed by atoms with Crippen LogP contribution < -0.4 is 10.2 Å². The summed E-state index contributed by atoms with van der Waals surface area (Å²) in [7, 11) is 0. The van der Waals surface area contributed by atoms with Crippen molar-refractivity contribution in [3.63, 3.8) is 0 Å². The van der Waals surface area contributed by atoms with Crippen LogP contribution in [0.1, 0.15) is 34.7 Å². The lowest BCUT2D eigenvalue weighted by atomic mass is 9.95. The summed E-state index contributed by atoms with van der Waals surface area (Å²) in [5.74, 6) is 0. The molecular formula is C44H40N2. The van der Waals surface area contributed by atoms with Crippen LogP contribution in [0.4, 0.5) is 17.1 Å². The molecular weight excluding hydrogens is 556 g/mol. The Bertz CT molecular complexity index is 1910. The molecule has 0 atom stereocenters. The molecule has 0 saturated heterocycles. The third kappa shape index (κ3) is 7.36. The molecule has 46 heavy (non-hydrogen) atoms. The molecule has 0 saturated carbocycles. The van der Waals surface area contributed by atoms with Crippen molar-refractivity contribution in [2.75, 3.05) is 16.8 Å². The highest BCUT2D eigenvalue weighted by Crippen LogP contribution is 2.37. The highest BCUT2D eigenvalue weighted by atomic mass is 15.1. The quantitative estimate of drug-likeness (QED) is 0.193. The molecule has 2 heteroatoms. The second kappa shape index (κ2) is 14.9. The van der Waals surface area contributed by atoms with E-state index in [2.05, 4.69) is 132 Å². The van der Waals surface area contributed by atoms with Crippen LogP contribution in [0.5, 0.6) is 0 Å². The van der Waals surface area contributed by atoms with Crippen molar-refractivity contribution < 1.29 is 0 Å². The summed E-state index contributed by atoms with van der Waals surface area (Å²) in [5, 5.41) is 3.49. The summed E-state index contributed by atoms with van der Waals surface area (Å²) in [4.78, 5) is 2.43. The van der Waals surface area contributed by atoms with Crippen LogP contribution in [0.15, 0.2) is 165 Å². The number of hydrogen-bond donors (Lipinski definition) is 1. The van der Waals surface area contributed by atoms with Crippen LogP contribution >= 0.6 is 0 Å². The first-order valence-electron chi connectivity index (χ1n) is 16.0. The van der Waals surface area contributed by atoms with Gasteiger partial charge in [-0.05, 0) is 101 Å². The summed E-state index contributed by atoms with van der Waals surface area (Å²) in [6.07, 6.45) is 31.5. The van der Waals surface area contributed by atoms with Crippen LogP contribution in [0, 0.1) is 0 Å². The molecule has 0 bridgehead atoms. The molecule has 4 aromatic carbocycles. The lowest BCUT2D eigenvalue weighted by Gasteiger charge is -2.27. The van der Waals surface area contributed by atoms with Crippen LogP contribution in [-0.2, 0) is 12.8 Å². The maximum absolute atomic E-state index is 4.42. The molecule has 0 fully saturated rings. The van der Waals surface area contributed by atoms with E-state index in [0.29, 0.717) is 0 Å². The van der Waals surface area contributed by atoms with Crippen LogP contribution in [0.3, 0.4) is 0 Å². The number of rotatable bonds is 9. The van der Waals surface area contributed by atoms with Gasteiger partial charge in [0, 0.05) is 35.4 Å². The Morgan fingerprint density at radius 1 is 0.761 bits per heavy atom. The molecule has 0 unspecified atom stereocenters. The molecule has 0 aromatic heterocycles. The van der Waals surface area contributed by atoms with Crippen molar-refractivity contribution in [1.29, 1.82) is 0 Å². The van der Waals surface area contributed by atoms with Gasteiger partial charge in [0.1, 0.15) is 0 Å². The topological polar surface area (TPSA) is 15.3 Å². The van der Waals surface area contributed by atoms with Crippen molar-refractivity contribution in [1.82, 2.24) is 0 Å². The SMILES string of the molecule is C=C(/C=C\C=C/C)c1cc(-c2ccc3c(c2)C/C=C\C=C/CN3c2ccc3c(c2)C=CC3)ccc1N/C=C\C=C/c1ccccc1. The van der Waals surface area contributed by atoms with Gasteiger partial charge in [-0.1, -0.05) is 128 Å². The van der Waals surface area contributed by atoms with Gasteiger partial charge in [0.05, 0.1) is 0 Å². The highest BCUT2D eigenvalue weighted by Gasteiger charge is 2.17. The number of benzene rings is 4. The standard InChI is InChI=1S/C44H40N2/c1-3-4-8-16-34(2)42-33-39(24-27-43(42)45-29-13-12-19-35-17-9-7-10-18-35)38-25-28-44-40(31-38)20-11-5-6-14-30-46(44)41-26-23-36-21-15-22-37(36)32-41/h3-19,22-29,31-33,45H,2,20-21,30H2,1H3/b4-3-,11-5-,14-6-,16-8-,19-12-,29-13-. The van der Waals surface area contributed by atoms with Gasteiger partial charge in [0.25, 0.3) is 0 Å². The molecule has 0 spiro atoms. The Balaban J connectivity index is 1.31. The minimum absolute atomic E-state index is 0.816. The first-order valence-corrected chi connectivity index (χ1v) is 16.0. The number of fused-ring (bicyclic) bond motifs is 2. The van der Waals surface area contributed by atoms with Gasteiger partial charge in [0.15, 0.2) is 0 Å². The van der Waals surface area contributed by atoms with Crippen molar-refractivity contribution in [2.45, 2.75) is 19.8 Å². The smallest absolute Gasteiger partial charge is 0.0459 e. The minimum atomic E-state index is 0.816. The molecule has 0 radical (unpaired) electrons. The van der Waals surface area contributed by atoms with E-state index < -0.39 is 0 Å². The predicted octanol–water partition coefficient (Wildman–Crippen LogP) is 11.5. The van der Waals surface area contributed by atoms with E-state index in [1.807, 2.05) is 61.7 Å². The van der Waals surface area contributed by atoms with Gasteiger partial charge in [-0.2, -0.15) is 0 Å². The first-order chi connectivity index (χ1) is 22.7. The Hall–Kier alpha value is -5.60. The average Bonchev–Trinajstić information content (AvgIpc) is 3.60. The Kier molecular flexibility index (Phi) is 9.87. The second-order valence-corrected chi connectivity index (χ2v) is 11.4. The van der Waals surface area contributed by atoms with E-state index in [0.717, 1.165) is 41.8 Å². The number of nitrogens with one attached hydrogen (secondary N) is 1. The zero-order valence-corrected chi connectivity index (χ0v) is 26.4.